The first-order valence-electron chi connectivity index (χ1n) is 30.2. The zero-order chi connectivity index (χ0) is 56.3. The van der Waals surface area contributed by atoms with Crippen LogP contribution in [0.5, 0.6) is 5.75 Å². The van der Waals surface area contributed by atoms with E-state index in [1.165, 1.54) is 47.3 Å². The number of benzene rings is 4. The largest absolute Gasteiger partial charge is 0.508 e. The topological polar surface area (TPSA) is 137 Å². The predicted molar refractivity (Wildman–Crippen MR) is 314 cm³/mol. The van der Waals surface area contributed by atoms with E-state index in [0.717, 1.165) is 107 Å². The number of nitrogens with one attached hydrogen (secondary N) is 1. The van der Waals surface area contributed by atoms with Crippen LogP contribution in [0.2, 0.25) is 0 Å². The van der Waals surface area contributed by atoms with E-state index in [9.17, 15) is 23.5 Å². The number of hydrogen-bond donors (Lipinski definition) is 2. The van der Waals surface area contributed by atoms with Crippen LogP contribution in [-0.4, -0.2) is 144 Å². The lowest BCUT2D eigenvalue weighted by Gasteiger charge is -2.38. The highest BCUT2D eigenvalue weighted by Gasteiger charge is 2.37. The Morgan fingerprint density at radius 2 is 1.54 bits per heavy atom. The number of aromatic hydroxyl groups is 1. The maximum Gasteiger partial charge on any atom is 0.317 e. The van der Waals surface area contributed by atoms with E-state index in [0.29, 0.717) is 92.8 Å². The van der Waals surface area contributed by atoms with Crippen molar-refractivity contribution in [3.63, 3.8) is 0 Å². The van der Waals surface area contributed by atoms with Crippen molar-refractivity contribution in [3.8, 4) is 16.9 Å². The Bertz CT molecular complexity index is 3160. The van der Waals surface area contributed by atoms with E-state index in [4.69, 9.17) is 14.6 Å². The number of likely N-dealkylation sites (tertiary alicyclic amines) is 2. The van der Waals surface area contributed by atoms with Crippen molar-refractivity contribution in [2.24, 2.45) is 18.9 Å². The average molecular weight is 1120 g/mol. The molecular weight excluding hydrogens is 1040 g/mol. The van der Waals surface area contributed by atoms with Crippen molar-refractivity contribution < 1.29 is 33.0 Å². The molecule has 12 rings (SSSR count). The van der Waals surface area contributed by atoms with Gasteiger partial charge in [-0.1, -0.05) is 48.5 Å². The van der Waals surface area contributed by atoms with E-state index < -0.39 is 6.43 Å². The van der Waals surface area contributed by atoms with Crippen LogP contribution in [0.25, 0.3) is 11.1 Å². The second-order valence-electron chi connectivity index (χ2n) is 23.9. The Labute approximate surface area is 481 Å². The summed E-state index contributed by atoms with van der Waals surface area (Å²) in [5.41, 5.74) is 11.5. The number of ether oxygens (including phenoxy) is 2. The number of rotatable bonds is 16. The van der Waals surface area contributed by atoms with Crippen LogP contribution in [0.3, 0.4) is 0 Å². The quantitative estimate of drug-likeness (QED) is 0.0902. The van der Waals surface area contributed by atoms with Gasteiger partial charge in [0.1, 0.15) is 12.4 Å². The van der Waals surface area contributed by atoms with Crippen molar-refractivity contribution >= 4 is 29.1 Å². The highest BCUT2D eigenvalue weighted by atomic mass is 19.3. The Kier molecular flexibility index (Phi) is 16.9. The minimum atomic E-state index is -2.68. The second-order valence-corrected chi connectivity index (χ2v) is 23.9. The van der Waals surface area contributed by atoms with Crippen molar-refractivity contribution in [2.45, 2.75) is 101 Å². The molecule has 2 unspecified atom stereocenters. The van der Waals surface area contributed by atoms with Crippen molar-refractivity contribution in [3.05, 3.63) is 142 Å². The second kappa shape index (κ2) is 25.0. The molecule has 0 radical (unpaired) electrons. The van der Waals surface area contributed by atoms with Gasteiger partial charge in [0, 0.05) is 119 Å². The fraction of sp³-hybridized carbons (Fsp3) is 0.508. The number of amides is 3. The van der Waals surface area contributed by atoms with E-state index in [2.05, 4.69) is 90.5 Å². The molecule has 0 bridgehead atoms. The lowest BCUT2D eigenvalue weighted by atomic mass is 9.69. The number of phenolic OH excluding ortho intramolecular Hbond substituents is 1. The third kappa shape index (κ3) is 12.0. The third-order valence-electron chi connectivity index (χ3n) is 18.8. The zero-order valence-corrected chi connectivity index (χ0v) is 47.7. The number of halogens is 2. The maximum atomic E-state index is 14.8. The van der Waals surface area contributed by atoms with E-state index in [1.807, 2.05) is 23.1 Å². The van der Waals surface area contributed by atoms with Gasteiger partial charge in [-0.05, 0) is 165 Å². The summed E-state index contributed by atoms with van der Waals surface area (Å²) in [6, 6.07) is 29.7. The van der Waals surface area contributed by atoms with Crippen molar-refractivity contribution in [1.82, 2.24) is 39.6 Å². The van der Waals surface area contributed by atoms with E-state index in [1.54, 1.807) is 42.1 Å². The summed E-state index contributed by atoms with van der Waals surface area (Å²) in [6.07, 6.45) is 11.1. The van der Waals surface area contributed by atoms with Crippen molar-refractivity contribution in [1.29, 1.82) is 0 Å². The summed E-state index contributed by atoms with van der Waals surface area (Å²) in [5, 5.41) is 22.6. The molecule has 6 aromatic rings. The number of alkyl halides is 2. The Morgan fingerprint density at radius 1 is 0.768 bits per heavy atom. The zero-order valence-electron chi connectivity index (χ0n) is 47.7. The molecule has 3 fully saturated rings. The number of aryl methyl sites for hydroxylation is 3. The lowest BCUT2D eigenvalue weighted by molar-refractivity contribution is -0.138. The summed E-state index contributed by atoms with van der Waals surface area (Å²) < 4.78 is 45.3. The van der Waals surface area contributed by atoms with Crippen LogP contribution in [0.1, 0.15) is 120 Å². The number of urea groups is 1. The van der Waals surface area contributed by atoms with Crippen LogP contribution in [-0.2, 0) is 47.1 Å². The van der Waals surface area contributed by atoms with Crippen LogP contribution < -0.4 is 15.1 Å². The summed E-state index contributed by atoms with van der Waals surface area (Å²) >= 11 is 0. The minimum absolute atomic E-state index is 0.0184. The molecule has 7 heterocycles. The molecule has 5 aliphatic heterocycles. The fourth-order valence-corrected chi connectivity index (χ4v) is 14.4. The van der Waals surface area contributed by atoms with Gasteiger partial charge in [-0.2, -0.15) is 10.2 Å². The van der Waals surface area contributed by atoms with Crippen LogP contribution in [0.4, 0.5) is 30.8 Å². The first kappa shape index (κ1) is 55.7. The van der Waals surface area contributed by atoms with Gasteiger partial charge in [-0.15, -0.1) is 0 Å². The smallest absolute Gasteiger partial charge is 0.317 e. The monoisotopic (exact) mass is 1120 g/mol. The van der Waals surface area contributed by atoms with Gasteiger partial charge < -0.3 is 44.4 Å². The highest BCUT2D eigenvalue weighted by molar-refractivity contribution is 5.79. The van der Waals surface area contributed by atoms with Gasteiger partial charge in [0.05, 0.1) is 32.0 Å². The van der Waals surface area contributed by atoms with Gasteiger partial charge >= 0.3 is 6.03 Å². The molecular formula is C65H80F2N10O5. The Hall–Kier alpha value is -6.82. The molecule has 2 atom stereocenters. The fourth-order valence-electron chi connectivity index (χ4n) is 14.4. The molecule has 2 N–H and O–H groups in total. The summed E-state index contributed by atoms with van der Waals surface area (Å²) in [4.78, 5) is 37.4. The SMILES string of the molecule is CNC(=O)N1CCc2c(c(N3CCCc4cc(-c5cnn(C)c5)c(C(F)F)cc43)nn2C2CCN(C(=O)COCCOCC3CCN(CC4CCN(c5ccc(C6c7ccc(O)cc7CCC6c6ccccc6)cc5)CC4)CC3)CC2)C1. The Balaban J connectivity index is 0.568. The maximum absolute atomic E-state index is 14.8. The molecule has 6 aliphatic rings. The molecule has 17 heteroatoms. The number of nitrogens with zero attached hydrogens (tertiary/aromatic N) is 9. The van der Waals surface area contributed by atoms with Gasteiger partial charge in [0.25, 0.3) is 6.43 Å². The average Bonchev–Trinajstić information content (AvgIpc) is 3.67. The Morgan fingerprint density at radius 3 is 2.28 bits per heavy atom. The number of anilines is 3. The number of carbonyl (C=O) groups excluding carboxylic acids is 2. The molecule has 3 saturated heterocycles. The van der Waals surface area contributed by atoms with Crippen LogP contribution in [0, 0.1) is 11.8 Å². The molecule has 0 spiro atoms. The first-order valence-corrected chi connectivity index (χ1v) is 30.2. The number of carbonyl (C=O) groups is 2. The molecule has 82 heavy (non-hydrogen) atoms. The molecule has 0 saturated carbocycles. The molecule has 1 aliphatic carbocycles. The molecule has 434 valence electrons. The van der Waals surface area contributed by atoms with Gasteiger partial charge in [0.15, 0.2) is 5.82 Å². The lowest BCUT2D eigenvalue weighted by Crippen LogP contribution is -2.43. The van der Waals surface area contributed by atoms with Crippen molar-refractivity contribution in [2.75, 3.05) is 102 Å². The number of hydrogen-bond acceptors (Lipinski definition) is 10. The van der Waals surface area contributed by atoms with Crippen LogP contribution >= 0.6 is 0 Å². The summed E-state index contributed by atoms with van der Waals surface area (Å²) in [5.74, 6) is 2.94. The number of fused-ring (bicyclic) bond motifs is 3. The first-order chi connectivity index (χ1) is 40.0. The van der Waals surface area contributed by atoms with Crippen LogP contribution in [0.15, 0.2) is 97.3 Å². The van der Waals surface area contributed by atoms with Gasteiger partial charge in [0.2, 0.25) is 5.91 Å². The highest BCUT2D eigenvalue weighted by Crippen LogP contribution is 2.48. The van der Waals surface area contributed by atoms with E-state index >= 15 is 0 Å². The number of aromatic nitrogens is 4. The normalized spacial score (nSPS) is 20.3. The molecule has 2 aromatic heterocycles. The molecule has 15 nitrogen and oxygen atoms in total. The number of piperidine rings is 3. The summed E-state index contributed by atoms with van der Waals surface area (Å²) in [7, 11) is 3.41. The third-order valence-corrected chi connectivity index (χ3v) is 18.8. The standard InChI is InChI=1S/C65H80F2N10O5/c1-68-65(80)75-32-24-59-58(41-75)64(76-25-6-9-49-36-56(50-38-69-71(2)40-50)57(63(66)67)37-60(49)76)70-77(59)52-22-30-74(31-23-52)61(79)43-82-34-33-81-42-45-18-26-72(27-19-45)39-44-20-28-73(29-21-44)51-13-10-47(11-14-51)62-54(46-7-4-3-5-8-46)16-12-48-35-53(78)15-17-55(48)62/h3-5,7-8,10-11,13-15,17,35-38,40,44-45,52,54,62-63,78H,6,9,12,16,18-34,39,41-43H2,1-2H3,(H,68,80). The van der Waals surface area contributed by atoms with E-state index in [-0.39, 0.29) is 36.1 Å². The number of phenols is 1. The minimum Gasteiger partial charge on any atom is -0.508 e. The molecule has 4 aromatic carbocycles. The van der Waals surface area contributed by atoms with Gasteiger partial charge in [-0.3, -0.25) is 14.2 Å². The molecule has 3 amide bonds. The van der Waals surface area contributed by atoms with Gasteiger partial charge in [-0.25, -0.2) is 13.6 Å². The summed E-state index contributed by atoms with van der Waals surface area (Å²) in [6.45, 7) is 9.80. The predicted octanol–water partition coefficient (Wildman–Crippen LogP) is 10.4.